The van der Waals surface area contributed by atoms with Crippen LogP contribution in [0.4, 0.5) is 10.1 Å². The first-order valence-corrected chi connectivity index (χ1v) is 12.0. The van der Waals surface area contributed by atoms with Crippen LogP contribution in [0, 0.1) is 5.82 Å². The van der Waals surface area contributed by atoms with Crippen LogP contribution in [0.5, 0.6) is 0 Å². The number of aryl methyl sites for hydroxylation is 1. The number of hydrogen-bond donors (Lipinski definition) is 1. The smallest absolute Gasteiger partial charge is 0.259 e. The van der Waals surface area contributed by atoms with Crippen LogP contribution in [0.25, 0.3) is 0 Å². The lowest BCUT2D eigenvalue weighted by atomic mass is 10.1. The largest absolute Gasteiger partial charge is 0.350 e. The van der Waals surface area contributed by atoms with E-state index in [9.17, 15) is 14.0 Å². The number of unbranched alkanes of at least 4 members (excludes halogenated alkanes) is 2. The van der Waals surface area contributed by atoms with Gasteiger partial charge in [0.15, 0.2) is 0 Å². The van der Waals surface area contributed by atoms with Gasteiger partial charge in [-0.1, -0.05) is 55.1 Å². The monoisotopic (exact) mass is 500 g/mol. The van der Waals surface area contributed by atoms with Gasteiger partial charge in [-0.25, -0.2) is 4.39 Å². The molecule has 0 aliphatic heterocycles. The number of nitrogens with one attached hydrogen (secondary N) is 1. The molecular formula is C27H27Cl2FN2O2. The van der Waals surface area contributed by atoms with Crippen LogP contribution in [0.1, 0.15) is 52.5 Å². The SMILES string of the molecule is CCCCCc1ccc(C(=O)NCCN(C(=O)c2ccc(Cl)cc2Cl)c2ccc(F)cc2)cc1. The molecule has 2 amide bonds. The Labute approximate surface area is 209 Å². The van der Waals surface area contributed by atoms with Crippen molar-refractivity contribution < 1.29 is 14.0 Å². The minimum absolute atomic E-state index is 0.171. The molecule has 7 heteroatoms. The van der Waals surface area contributed by atoms with Gasteiger partial charge in [-0.2, -0.15) is 0 Å². The van der Waals surface area contributed by atoms with E-state index >= 15 is 0 Å². The zero-order valence-corrected chi connectivity index (χ0v) is 20.5. The molecule has 34 heavy (non-hydrogen) atoms. The molecule has 0 heterocycles. The highest BCUT2D eigenvalue weighted by molar-refractivity contribution is 6.37. The zero-order valence-electron chi connectivity index (χ0n) is 19.0. The molecule has 3 rings (SSSR count). The van der Waals surface area contributed by atoms with Crippen molar-refractivity contribution in [3.05, 3.63) is 99.3 Å². The average Bonchev–Trinajstić information content (AvgIpc) is 2.83. The summed E-state index contributed by atoms with van der Waals surface area (Å²) in [6.07, 6.45) is 4.49. The molecule has 0 saturated heterocycles. The van der Waals surface area contributed by atoms with Gasteiger partial charge < -0.3 is 10.2 Å². The summed E-state index contributed by atoms with van der Waals surface area (Å²) in [5.74, 6) is -1.01. The van der Waals surface area contributed by atoms with E-state index in [0.29, 0.717) is 16.3 Å². The maximum absolute atomic E-state index is 13.4. The summed E-state index contributed by atoms with van der Waals surface area (Å²) in [7, 11) is 0. The van der Waals surface area contributed by atoms with Crippen LogP contribution in [-0.4, -0.2) is 24.9 Å². The number of anilines is 1. The van der Waals surface area contributed by atoms with E-state index in [2.05, 4.69) is 12.2 Å². The van der Waals surface area contributed by atoms with E-state index in [4.69, 9.17) is 23.2 Å². The second-order valence-electron chi connectivity index (χ2n) is 7.97. The van der Waals surface area contributed by atoms with Gasteiger partial charge >= 0.3 is 0 Å². The molecule has 3 aromatic carbocycles. The predicted octanol–water partition coefficient (Wildman–Crippen LogP) is 6.94. The van der Waals surface area contributed by atoms with E-state index in [0.717, 1.165) is 12.8 Å². The van der Waals surface area contributed by atoms with Crippen molar-refractivity contribution in [1.29, 1.82) is 0 Å². The Morgan fingerprint density at radius 2 is 1.65 bits per heavy atom. The number of rotatable bonds is 10. The van der Waals surface area contributed by atoms with Crippen LogP contribution < -0.4 is 10.2 Å². The molecule has 4 nitrogen and oxygen atoms in total. The van der Waals surface area contributed by atoms with Crippen molar-refractivity contribution in [1.82, 2.24) is 5.32 Å². The molecule has 0 radical (unpaired) electrons. The molecule has 3 aromatic rings. The van der Waals surface area contributed by atoms with Gasteiger partial charge in [0.2, 0.25) is 0 Å². The van der Waals surface area contributed by atoms with Gasteiger partial charge in [0.05, 0.1) is 10.6 Å². The van der Waals surface area contributed by atoms with Crippen molar-refractivity contribution in [2.45, 2.75) is 32.6 Å². The number of carbonyl (C=O) groups is 2. The Kier molecular flexibility index (Phi) is 9.49. The fraction of sp³-hybridized carbons (Fsp3) is 0.259. The lowest BCUT2D eigenvalue weighted by Gasteiger charge is -2.24. The number of carbonyl (C=O) groups excluding carboxylic acids is 2. The molecule has 0 saturated carbocycles. The van der Waals surface area contributed by atoms with Crippen molar-refractivity contribution in [3.8, 4) is 0 Å². The fourth-order valence-corrected chi connectivity index (χ4v) is 4.05. The van der Waals surface area contributed by atoms with Crippen LogP contribution in [-0.2, 0) is 6.42 Å². The molecule has 0 fully saturated rings. The Hall–Kier alpha value is -2.89. The highest BCUT2D eigenvalue weighted by Crippen LogP contribution is 2.25. The van der Waals surface area contributed by atoms with Crippen molar-refractivity contribution in [3.63, 3.8) is 0 Å². The van der Waals surface area contributed by atoms with Crippen LogP contribution in [0.2, 0.25) is 10.0 Å². The van der Waals surface area contributed by atoms with Gasteiger partial charge in [-0.05, 0) is 73.0 Å². The highest BCUT2D eigenvalue weighted by atomic mass is 35.5. The molecule has 0 aromatic heterocycles. The van der Waals surface area contributed by atoms with E-state index in [-0.39, 0.29) is 35.5 Å². The quantitative estimate of drug-likeness (QED) is 0.306. The predicted molar refractivity (Wildman–Crippen MR) is 137 cm³/mol. The summed E-state index contributed by atoms with van der Waals surface area (Å²) < 4.78 is 13.4. The minimum atomic E-state index is -0.410. The van der Waals surface area contributed by atoms with Crippen molar-refractivity contribution in [2.24, 2.45) is 0 Å². The maximum Gasteiger partial charge on any atom is 0.259 e. The van der Waals surface area contributed by atoms with Crippen molar-refractivity contribution >= 4 is 40.7 Å². The summed E-state index contributed by atoms with van der Waals surface area (Å²) in [5.41, 5.74) is 2.51. The minimum Gasteiger partial charge on any atom is -0.350 e. The third-order valence-electron chi connectivity index (χ3n) is 5.45. The normalized spacial score (nSPS) is 10.7. The molecule has 0 atom stereocenters. The summed E-state index contributed by atoms with van der Waals surface area (Å²) in [4.78, 5) is 27.3. The molecule has 0 aliphatic rings. The van der Waals surface area contributed by atoms with Gasteiger partial charge in [0, 0.05) is 29.4 Å². The molecule has 0 bridgehead atoms. The van der Waals surface area contributed by atoms with Gasteiger partial charge in [0.1, 0.15) is 5.82 Å². The first-order valence-electron chi connectivity index (χ1n) is 11.3. The van der Waals surface area contributed by atoms with E-state index < -0.39 is 5.82 Å². The number of benzene rings is 3. The Morgan fingerprint density at radius 3 is 2.29 bits per heavy atom. The molecule has 178 valence electrons. The topological polar surface area (TPSA) is 49.4 Å². The van der Waals surface area contributed by atoms with E-state index in [1.165, 1.54) is 53.6 Å². The third-order valence-corrected chi connectivity index (χ3v) is 6.00. The molecule has 1 N–H and O–H groups in total. The van der Waals surface area contributed by atoms with E-state index in [1.54, 1.807) is 12.1 Å². The lowest BCUT2D eigenvalue weighted by molar-refractivity contribution is 0.0943. The van der Waals surface area contributed by atoms with Gasteiger partial charge in [0.25, 0.3) is 11.8 Å². The summed E-state index contributed by atoms with van der Waals surface area (Å²) in [6, 6.07) is 17.8. The van der Waals surface area contributed by atoms with Crippen molar-refractivity contribution in [2.75, 3.05) is 18.0 Å². The van der Waals surface area contributed by atoms with Gasteiger partial charge in [-0.3, -0.25) is 9.59 Å². The van der Waals surface area contributed by atoms with Gasteiger partial charge in [-0.15, -0.1) is 0 Å². The Balaban J connectivity index is 1.67. The summed E-state index contributed by atoms with van der Waals surface area (Å²) in [6.45, 7) is 2.54. The van der Waals surface area contributed by atoms with E-state index in [1.807, 2.05) is 24.3 Å². The maximum atomic E-state index is 13.4. The van der Waals surface area contributed by atoms with Crippen LogP contribution in [0.3, 0.4) is 0 Å². The molecular weight excluding hydrogens is 474 g/mol. The second-order valence-corrected chi connectivity index (χ2v) is 8.81. The molecule has 0 aliphatic carbocycles. The number of halogens is 3. The lowest BCUT2D eigenvalue weighted by Crippen LogP contribution is -2.39. The zero-order chi connectivity index (χ0) is 24.5. The first-order chi connectivity index (χ1) is 16.4. The third kappa shape index (κ3) is 7.05. The molecule has 0 unspecified atom stereocenters. The summed E-state index contributed by atoms with van der Waals surface area (Å²) in [5, 5.41) is 3.48. The average molecular weight is 501 g/mol. The number of hydrogen-bond acceptors (Lipinski definition) is 2. The second kappa shape index (κ2) is 12.5. The standard InChI is InChI=1S/C27H27Cl2FN2O2/c1-2-3-4-5-19-6-8-20(9-7-19)26(33)31-16-17-32(23-13-11-22(30)12-14-23)27(34)24-15-10-21(28)18-25(24)29/h6-15,18H,2-5,16-17H2,1H3,(H,31,33). The molecule has 0 spiro atoms. The fourth-order valence-electron chi connectivity index (χ4n) is 3.56. The summed E-state index contributed by atoms with van der Waals surface area (Å²) >= 11 is 12.2. The first kappa shape index (κ1) is 25.7. The Morgan fingerprint density at radius 1 is 0.941 bits per heavy atom. The van der Waals surface area contributed by atoms with Crippen LogP contribution in [0.15, 0.2) is 66.7 Å². The van der Waals surface area contributed by atoms with Crippen LogP contribution >= 0.6 is 23.2 Å². The highest BCUT2D eigenvalue weighted by Gasteiger charge is 2.21. The number of nitrogens with zero attached hydrogens (tertiary/aromatic N) is 1. The Bertz CT molecular complexity index is 1120. The number of amides is 2.